The maximum Gasteiger partial charge on any atom is 0.228 e. The van der Waals surface area contributed by atoms with E-state index in [4.69, 9.17) is 4.74 Å². The Labute approximate surface area is 164 Å². The molecule has 1 fully saturated rings. The molecule has 1 N–H and O–H groups in total. The highest BCUT2D eigenvalue weighted by molar-refractivity contribution is 5.97. The number of methoxy groups -OCH3 is 1. The molecule has 28 heavy (non-hydrogen) atoms. The second kappa shape index (κ2) is 8.25. The number of nitrogens with zero attached hydrogens (tertiary/aromatic N) is 3. The number of piperidine rings is 1. The lowest BCUT2D eigenvalue weighted by Gasteiger charge is -2.28. The number of rotatable bonds is 5. The minimum absolute atomic E-state index is 0.0887. The van der Waals surface area contributed by atoms with E-state index in [2.05, 4.69) is 20.2 Å². The number of hydrogen-bond donors (Lipinski definition) is 1. The maximum atomic E-state index is 12.5. The Morgan fingerprint density at radius 2 is 1.93 bits per heavy atom. The van der Waals surface area contributed by atoms with E-state index in [1.807, 2.05) is 42.5 Å². The van der Waals surface area contributed by atoms with Crippen LogP contribution in [-0.4, -0.2) is 36.1 Å². The summed E-state index contributed by atoms with van der Waals surface area (Å²) in [4.78, 5) is 23.7. The third kappa shape index (κ3) is 3.91. The third-order valence-corrected chi connectivity index (χ3v) is 5.10. The topological polar surface area (TPSA) is 67.3 Å². The van der Waals surface area contributed by atoms with E-state index in [1.54, 1.807) is 13.4 Å². The summed E-state index contributed by atoms with van der Waals surface area (Å²) in [5.41, 5.74) is 2.43. The second-order valence-electron chi connectivity index (χ2n) is 7.01. The molecule has 0 aliphatic carbocycles. The molecule has 6 nitrogen and oxygen atoms in total. The van der Waals surface area contributed by atoms with E-state index in [9.17, 15) is 4.79 Å². The van der Waals surface area contributed by atoms with Gasteiger partial charge in [-0.25, -0.2) is 9.97 Å². The average molecular weight is 376 g/mol. The summed E-state index contributed by atoms with van der Waals surface area (Å²) >= 11 is 0. The highest BCUT2D eigenvalue weighted by Gasteiger charge is 2.16. The number of nitrogens with one attached hydrogen (secondary N) is 1. The third-order valence-electron chi connectivity index (χ3n) is 5.10. The fourth-order valence-electron chi connectivity index (χ4n) is 3.71. The van der Waals surface area contributed by atoms with Gasteiger partial charge in [0.2, 0.25) is 5.91 Å². The zero-order valence-corrected chi connectivity index (χ0v) is 16.0. The summed E-state index contributed by atoms with van der Waals surface area (Å²) < 4.78 is 5.32. The van der Waals surface area contributed by atoms with E-state index in [0.29, 0.717) is 0 Å². The number of para-hydroxylation sites is 1. The molecule has 6 heteroatoms. The zero-order chi connectivity index (χ0) is 19.3. The first-order chi connectivity index (χ1) is 13.7. The number of ether oxygens (including phenoxy) is 1. The van der Waals surface area contributed by atoms with Crippen molar-refractivity contribution in [3.63, 3.8) is 0 Å². The number of carbonyl (C=O) groups is 1. The van der Waals surface area contributed by atoms with E-state index in [1.165, 1.54) is 19.3 Å². The van der Waals surface area contributed by atoms with E-state index in [-0.39, 0.29) is 12.3 Å². The Balaban J connectivity index is 1.52. The molecule has 1 amide bonds. The molecule has 4 rings (SSSR count). The molecule has 0 unspecified atom stereocenters. The summed E-state index contributed by atoms with van der Waals surface area (Å²) in [6.45, 7) is 2.06. The summed E-state index contributed by atoms with van der Waals surface area (Å²) in [6.07, 6.45) is 5.53. The van der Waals surface area contributed by atoms with Crippen LogP contribution in [0.2, 0.25) is 0 Å². The number of aromatic nitrogens is 2. The predicted octanol–water partition coefficient (Wildman–Crippen LogP) is 3.81. The van der Waals surface area contributed by atoms with Crippen molar-refractivity contribution >= 4 is 28.3 Å². The smallest absolute Gasteiger partial charge is 0.228 e. The molecule has 1 aliphatic rings. The van der Waals surface area contributed by atoms with Gasteiger partial charge in [-0.2, -0.15) is 0 Å². The number of anilines is 2. The molecule has 1 aliphatic heterocycles. The van der Waals surface area contributed by atoms with E-state index in [0.717, 1.165) is 46.8 Å². The van der Waals surface area contributed by atoms with Gasteiger partial charge < -0.3 is 15.0 Å². The standard InChI is InChI=1S/C22H24N4O2/c1-28-20-8-4-3-7-16(20)13-21(27)25-17-9-10-18-19(14-17)23-15-24-22(18)26-11-5-2-6-12-26/h3-4,7-10,14-15H,2,5-6,11-13H2,1H3,(H,25,27). The molecular weight excluding hydrogens is 352 g/mol. The van der Waals surface area contributed by atoms with Gasteiger partial charge in [-0.05, 0) is 43.5 Å². The van der Waals surface area contributed by atoms with Crippen LogP contribution in [0.5, 0.6) is 5.75 Å². The number of benzene rings is 2. The molecule has 0 saturated carbocycles. The van der Waals surface area contributed by atoms with Crippen molar-refractivity contribution in [1.29, 1.82) is 0 Å². The van der Waals surface area contributed by atoms with Gasteiger partial charge in [-0.1, -0.05) is 18.2 Å². The number of hydrogen-bond acceptors (Lipinski definition) is 5. The Kier molecular flexibility index (Phi) is 5.37. The number of carbonyl (C=O) groups excluding carboxylic acids is 1. The van der Waals surface area contributed by atoms with Gasteiger partial charge in [0.15, 0.2) is 0 Å². The van der Waals surface area contributed by atoms with Crippen LogP contribution >= 0.6 is 0 Å². The number of fused-ring (bicyclic) bond motifs is 1. The van der Waals surface area contributed by atoms with Crippen LogP contribution in [0, 0.1) is 0 Å². The van der Waals surface area contributed by atoms with Gasteiger partial charge in [-0.15, -0.1) is 0 Å². The van der Waals surface area contributed by atoms with Crippen molar-refractivity contribution in [3.8, 4) is 5.75 Å². The molecule has 2 heterocycles. The Morgan fingerprint density at radius 3 is 2.75 bits per heavy atom. The first-order valence-corrected chi connectivity index (χ1v) is 9.66. The molecular formula is C22H24N4O2. The molecule has 0 atom stereocenters. The predicted molar refractivity (Wildman–Crippen MR) is 111 cm³/mol. The van der Waals surface area contributed by atoms with Crippen LogP contribution in [-0.2, 0) is 11.2 Å². The molecule has 0 bridgehead atoms. The minimum Gasteiger partial charge on any atom is -0.496 e. The van der Waals surface area contributed by atoms with Crippen LogP contribution < -0.4 is 15.0 Å². The molecule has 1 saturated heterocycles. The van der Waals surface area contributed by atoms with Crippen LogP contribution in [0.4, 0.5) is 11.5 Å². The summed E-state index contributed by atoms with van der Waals surface area (Å²) in [5, 5.41) is 3.98. The fraction of sp³-hybridized carbons (Fsp3) is 0.318. The highest BCUT2D eigenvalue weighted by atomic mass is 16.5. The highest BCUT2D eigenvalue weighted by Crippen LogP contribution is 2.27. The Hall–Kier alpha value is -3.15. The second-order valence-corrected chi connectivity index (χ2v) is 7.01. The molecule has 3 aromatic rings. The molecule has 2 aromatic carbocycles. The van der Waals surface area contributed by atoms with Gasteiger partial charge in [-0.3, -0.25) is 4.79 Å². The van der Waals surface area contributed by atoms with Crippen molar-refractivity contribution in [2.45, 2.75) is 25.7 Å². The summed E-state index contributed by atoms with van der Waals surface area (Å²) in [6, 6.07) is 13.4. The van der Waals surface area contributed by atoms with Crippen molar-refractivity contribution < 1.29 is 9.53 Å². The Bertz CT molecular complexity index is 983. The van der Waals surface area contributed by atoms with Crippen molar-refractivity contribution in [3.05, 3.63) is 54.4 Å². The van der Waals surface area contributed by atoms with Gasteiger partial charge in [0.05, 0.1) is 19.0 Å². The average Bonchev–Trinajstić information content (AvgIpc) is 2.74. The quantitative estimate of drug-likeness (QED) is 0.733. The van der Waals surface area contributed by atoms with Crippen molar-refractivity contribution in [1.82, 2.24) is 9.97 Å². The minimum atomic E-state index is -0.0887. The van der Waals surface area contributed by atoms with Gasteiger partial charge in [0.25, 0.3) is 0 Å². The largest absolute Gasteiger partial charge is 0.496 e. The first-order valence-electron chi connectivity index (χ1n) is 9.66. The molecule has 144 valence electrons. The van der Waals surface area contributed by atoms with Crippen LogP contribution in [0.15, 0.2) is 48.8 Å². The fourth-order valence-corrected chi connectivity index (χ4v) is 3.71. The first kappa shape index (κ1) is 18.2. The summed E-state index contributed by atoms with van der Waals surface area (Å²) in [5.74, 6) is 1.61. The van der Waals surface area contributed by atoms with Crippen LogP contribution in [0.25, 0.3) is 10.9 Å². The summed E-state index contributed by atoms with van der Waals surface area (Å²) in [7, 11) is 1.61. The monoisotopic (exact) mass is 376 g/mol. The van der Waals surface area contributed by atoms with Gasteiger partial charge in [0, 0.05) is 29.7 Å². The maximum absolute atomic E-state index is 12.5. The van der Waals surface area contributed by atoms with Crippen LogP contribution in [0.3, 0.4) is 0 Å². The SMILES string of the molecule is COc1ccccc1CC(=O)Nc1ccc2c(N3CCCCC3)ncnc2c1. The normalized spacial score (nSPS) is 14.1. The van der Waals surface area contributed by atoms with Gasteiger partial charge >= 0.3 is 0 Å². The lowest BCUT2D eigenvalue weighted by atomic mass is 10.1. The lowest BCUT2D eigenvalue weighted by Crippen LogP contribution is -2.30. The van der Waals surface area contributed by atoms with E-state index < -0.39 is 0 Å². The van der Waals surface area contributed by atoms with E-state index >= 15 is 0 Å². The number of amides is 1. The molecule has 1 aromatic heterocycles. The molecule has 0 spiro atoms. The Morgan fingerprint density at radius 1 is 1.11 bits per heavy atom. The lowest BCUT2D eigenvalue weighted by molar-refractivity contribution is -0.115. The van der Waals surface area contributed by atoms with Crippen molar-refractivity contribution in [2.24, 2.45) is 0 Å². The molecule has 0 radical (unpaired) electrons. The van der Waals surface area contributed by atoms with Crippen molar-refractivity contribution in [2.75, 3.05) is 30.4 Å². The van der Waals surface area contributed by atoms with Crippen LogP contribution in [0.1, 0.15) is 24.8 Å². The van der Waals surface area contributed by atoms with Gasteiger partial charge in [0.1, 0.15) is 17.9 Å². The zero-order valence-electron chi connectivity index (χ0n) is 16.0.